The van der Waals surface area contributed by atoms with Crippen molar-refractivity contribution in [1.82, 2.24) is 14.9 Å². The largest absolute Gasteiger partial charge is 0.365 e. The Morgan fingerprint density at radius 3 is 2.43 bits per heavy atom. The van der Waals surface area contributed by atoms with Gasteiger partial charge in [-0.2, -0.15) is 0 Å². The molecule has 6 heteroatoms. The zero-order valence-electron chi connectivity index (χ0n) is 21.0. The van der Waals surface area contributed by atoms with Crippen LogP contribution in [-0.2, 0) is 11.3 Å². The van der Waals surface area contributed by atoms with Crippen LogP contribution in [0.15, 0.2) is 42.7 Å². The molecule has 2 aromatic carbocycles. The van der Waals surface area contributed by atoms with E-state index in [1.165, 1.54) is 12.5 Å². The number of benzene rings is 2. The van der Waals surface area contributed by atoms with E-state index in [9.17, 15) is 9.18 Å². The summed E-state index contributed by atoms with van der Waals surface area (Å²) in [7, 11) is 0. The van der Waals surface area contributed by atoms with Crippen LogP contribution in [-0.4, -0.2) is 32.4 Å². The van der Waals surface area contributed by atoms with E-state index in [1.54, 1.807) is 6.33 Å². The summed E-state index contributed by atoms with van der Waals surface area (Å²) in [5.74, 6) is 0.849. The fraction of sp³-hybridized carbons (Fsp3) is 0.483. The molecule has 0 aliphatic heterocycles. The van der Waals surface area contributed by atoms with Gasteiger partial charge in [-0.3, -0.25) is 4.79 Å². The first-order valence-electron chi connectivity index (χ1n) is 12.9. The van der Waals surface area contributed by atoms with Gasteiger partial charge in [0, 0.05) is 35.0 Å². The summed E-state index contributed by atoms with van der Waals surface area (Å²) < 4.78 is 15.0. The highest BCUT2D eigenvalue weighted by molar-refractivity contribution is 5.92. The van der Waals surface area contributed by atoms with Crippen LogP contribution < -0.4 is 5.32 Å². The highest BCUT2D eigenvalue weighted by Gasteiger charge is 2.36. The molecule has 1 aromatic heterocycles. The molecular weight excluding hydrogens is 439 g/mol. The van der Waals surface area contributed by atoms with Crippen LogP contribution in [0.25, 0.3) is 22.0 Å². The lowest BCUT2D eigenvalue weighted by molar-refractivity contribution is -0.137. The van der Waals surface area contributed by atoms with E-state index in [2.05, 4.69) is 42.1 Å². The van der Waals surface area contributed by atoms with E-state index in [0.29, 0.717) is 12.1 Å². The Bertz CT molecular complexity index is 1230. The smallest absolute Gasteiger partial charge is 0.226 e. The fourth-order valence-corrected chi connectivity index (χ4v) is 5.11. The number of halogens is 1. The maximum atomic E-state index is 15.0. The molecule has 0 unspecified atom stereocenters. The molecule has 2 aliphatic carbocycles. The van der Waals surface area contributed by atoms with Crippen molar-refractivity contribution in [2.75, 3.05) is 5.32 Å². The maximum absolute atomic E-state index is 15.0. The maximum Gasteiger partial charge on any atom is 0.226 e. The Labute approximate surface area is 207 Å². The second kappa shape index (κ2) is 9.56. The molecule has 0 bridgehead atoms. The molecule has 3 aromatic rings. The lowest BCUT2D eigenvalue weighted by Gasteiger charge is -2.29. The Morgan fingerprint density at radius 2 is 1.71 bits per heavy atom. The molecule has 1 N–H and O–H groups in total. The van der Waals surface area contributed by atoms with Gasteiger partial charge >= 0.3 is 0 Å². The monoisotopic (exact) mass is 474 g/mol. The molecule has 1 heterocycles. The first kappa shape index (κ1) is 23.7. The average molecular weight is 475 g/mol. The third-order valence-electron chi connectivity index (χ3n) is 7.07. The molecule has 184 valence electrons. The molecule has 0 radical (unpaired) electrons. The van der Waals surface area contributed by atoms with Crippen molar-refractivity contribution in [3.05, 3.63) is 54.1 Å². The number of hydrogen-bond donors (Lipinski definition) is 1. The number of nitrogens with one attached hydrogen (secondary N) is 1. The number of hydrogen-bond acceptors (Lipinski definition) is 4. The zero-order chi connectivity index (χ0) is 24.6. The Hall–Kier alpha value is -3.02. The van der Waals surface area contributed by atoms with Gasteiger partial charge in [0.15, 0.2) is 0 Å². The summed E-state index contributed by atoms with van der Waals surface area (Å²) in [6, 6.07) is 11.6. The molecule has 2 aliphatic rings. The average Bonchev–Trinajstić information content (AvgIpc) is 3.68. The third-order valence-corrected chi connectivity index (χ3v) is 7.07. The van der Waals surface area contributed by atoms with Crippen molar-refractivity contribution in [1.29, 1.82) is 0 Å². The van der Waals surface area contributed by atoms with Crippen molar-refractivity contribution in [3.63, 3.8) is 0 Å². The summed E-state index contributed by atoms with van der Waals surface area (Å²) in [6.45, 7) is 6.62. The molecule has 0 saturated heterocycles. The number of fused-ring (bicyclic) bond motifs is 1. The Balaban J connectivity index is 1.45. The summed E-state index contributed by atoms with van der Waals surface area (Å²) in [6.07, 6.45) is 9.01. The summed E-state index contributed by atoms with van der Waals surface area (Å²) in [5.41, 5.74) is 3.20. The molecule has 35 heavy (non-hydrogen) atoms. The lowest BCUT2D eigenvalue weighted by Crippen LogP contribution is -2.38. The van der Waals surface area contributed by atoms with E-state index in [4.69, 9.17) is 0 Å². The highest BCUT2D eigenvalue weighted by atomic mass is 19.1. The van der Waals surface area contributed by atoms with Crippen LogP contribution in [0.2, 0.25) is 0 Å². The summed E-state index contributed by atoms with van der Waals surface area (Å²) in [5, 5.41) is 4.39. The minimum Gasteiger partial charge on any atom is -0.365 e. The SMILES string of the molecule is CC(C)(C)Nc1ncnc2ccc(-c3ccc(F)c(CN(C(=O)C4CCCCC4)C4CC4)c3)cc12. The molecule has 0 atom stereocenters. The standard InChI is InChI=1S/C29H35FN4O/c1-29(2,3)33-27-24-16-21(10-14-26(24)31-18-32-27)20-9-13-25(30)22(15-20)17-34(23-11-12-23)28(35)19-7-5-4-6-8-19/h9-10,13-16,18-19,23H,4-8,11-12,17H2,1-3H3,(H,31,32,33). The van der Waals surface area contributed by atoms with Crippen molar-refractivity contribution in [2.24, 2.45) is 5.92 Å². The predicted molar refractivity (Wildman–Crippen MR) is 138 cm³/mol. The van der Waals surface area contributed by atoms with Gasteiger partial charge in [0.1, 0.15) is 18.0 Å². The molecule has 0 spiro atoms. The lowest BCUT2D eigenvalue weighted by atomic mass is 9.88. The van der Waals surface area contributed by atoms with Crippen LogP contribution in [0.3, 0.4) is 0 Å². The van der Waals surface area contributed by atoms with Gasteiger partial charge in [-0.05, 0) is 81.8 Å². The van der Waals surface area contributed by atoms with Gasteiger partial charge in [0.25, 0.3) is 0 Å². The Morgan fingerprint density at radius 1 is 1.00 bits per heavy atom. The second-order valence-electron chi connectivity index (χ2n) is 11.2. The van der Waals surface area contributed by atoms with Gasteiger partial charge < -0.3 is 10.2 Å². The van der Waals surface area contributed by atoms with Gasteiger partial charge in [0.2, 0.25) is 5.91 Å². The van der Waals surface area contributed by atoms with Gasteiger partial charge in [0.05, 0.1) is 5.52 Å². The van der Waals surface area contributed by atoms with Crippen molar-refractivity contribution in [3.8, 4) is 11.1 Å². The topological polar surface area (TPSA) is 58.1 Å². The van der Waals surface area contributed by atoms with Crippen LogP contribution in [0.1, 0.15) is 71.3 Å². The van der Waals surface area contributed by atoms with E-state index < -0.39 is 0 Å². The number of nitrogens with zero attached hydrogens (tertiary/aromatic N) is 3. The van der Waals surface area contributed by atoms with Crippen molar-refractivity contribution in [2.45, 2.75) is 83.8 Å². The van der Waals surface area contributed by atoms with Crippen LogP contribution >= 0.6 is 0 Å². The fourth-order valence-electron chi connectivity index (χ4n) is 5.11. The molecule has 2 saturated carbocycles. The predicted octanol–water partition coefficient (Wildman–Crippen LogP) is 6.72. The number of anilines is 1. The van der Waals surface area contributed by atoms with E-state index in [0.717, 1.165) is 66.4 Å². The van der Waals surface area contributed by atoms with Gasteiger partial charge in [-0.1, -0.05) is 31.4 Å². The number of aromatic nitrogens is 2. The molecule has 2 fully saturated rings. The number of carbonyl (C=O) groups is 1. The van der Waals surface area contributed by atoms with E-state index >= 15 is 0 Å². The first-order chi connectivity index (χ1) is 16.8. The van der Waals surface area contributed by atoms with Crippen molar-refractivity contribution < 1.29 is 9.18 Å². The number of amides is 1. The zero-order valence-corrected chi connectivity index (χ0v) is 21.0. The quantitative estimate of drug-likeness (QED) is 0.431. The number of carbonyl (C=O) groups excluding carboxylic acids is 1. The van der Waals surface area contributed by atoms with Crippen LogP contribution in [0.4, 0.5) is 10.2 Å². The minimum atomic E-state index is -0.255. The molecular formula is C29H35FN4O. The van der Waals surface area contributed by atoms with Crippen molar-refractivity contribution >= 4 is 22.6 Å². The first-order valence-corrected chi connectivity index (χ1v) is 12.9. The highest BCUT2D eigenvalue weighted by Crippen LogP contribution is 2.35. The molecule has 5 rings (SSSR count). The van der Waals surface area contributed by atoms with E-state index in [-0.39, 0.29) is 29.2 Å². The normalized spacial score (nSPS) is 16.9. The number of rotatable bonds is 6. The second-order valence-corrected chi connectivity index (χ2v) is 11.2. The van der Waals surface area contributed by atoms with Gasteiger partial charge in [-0.25, -0.2) is 14.4 Å². The van der Waals surface area contributed by atoms with Crippen LogP contribution in [0, 0.1) is 11.7 Å². The Kier molecular flexibility index (Phi) is 6.47. The summed E-state index contributed by atoms with van der Waals surface area (Å²) in [4.78, 5) is 24.2. The molecule has 5 nitrogen and oxygen atoms in total. The third kappa shape index (κ3) is 5.47. The molecule has 1 amide bonds. The summed E-state index contributed by atoms with van der Waals surface area (Å²) >= 11 is 0. The minimum absolute atomic E-state index is 0.102. The van der Waals surface area contributed by atoms with Crippen LogP contribution in [0.5, 0.6) is 0 Å². The van der Waals surface area contributed by atoms with E-state index in [1.807, 2.05) is 29.2 Å². The van der Waals surface area contributed by atoms with Gasteiger partial charge in [-0.15, -0.1) is 0 Å².